The molecule has 1 aliphatic rings. The van der Waals surface area contributed by atoms with E-state index in [9.17, 15) is 13.2 Å². The number of nitrogens with zero attached hydrogens (tertiary/aromatic N) is 3. The lowest BCUT2D eigenvalue weighted by Gasteiger charge is -2.26. The average molecular weight is 409 g/mol. The molecule has 3 nitrogen and oxygen atoms in total. The maximum absolute atomic E-state index is 12.9. The monoisotopic (exact) mass is 409 g/mol. The van der Waals surface area contributed by atoms with Crippen LogP contribution in [0.3, 0.4) is 0 Å². The molecule has 0 saturated heterocycles. The van der Waals surface area contributed by atoms with Crippen molar-refractivity contribution < 1.29 is 13.2 Å². The molecule has 0 N–H and O–H groups in total. The molecule has 6 heteroatoms. The van der Waals surface area contributed by atoms with E-state index in [1.54, 1.807) is 12.3 Å². The summed E-state index contributed by atoms with van der Waals surface area (Å²) in [5.41, 5.74) is 3.77. The average Bonchev–Trinajstić information content (AvgIpc) is 2.78. The van der Waals surface area contributed by atoms with Crippen molar-refractivity contribution in [2.75, 3.05) is 19.6 Å². The normalized spacial score (nSPS) is 15.1. The quantitative estimate of drug-likeness (QED) is 0.558. The number of hydrogen-bond acceptors (Lipinski definition) is 3. The molecule has 0 spiro atoms. The summed E-state index contributed by atoms with van der Waals surface area (Å²) >= 11 is 0. The fourth-order valence-electron chi connectivity index (χ4n) is 3.63. The second-order valence-electron chi connectivity index (χ2n) is 7.35. The minimum atomic E-state index is -4.42. The number of hydrogen-bond donors (Lipinski definition) is 0. The molecule has 154 valence electrons. The van der Waals surface area contributed by atoms with Gasteiger partial charge in [0, 0.05) is 31.4 Å². The van der Waals surface area contributed by atoms with E-state index >= 15 is 0 Å². The summed E-state index contributed by atoms with van der Waals surface area (Å²) in [5, 5.41) is 0. The van der Waals surface area contributed by atoms with Crippen molar-refractivity contribution in [3.8, 4) is 11.3 Å². The van der Waals surface area contributed by atoms with Crippen LogP contribution >= 0.6 is 0 Å². The molecule has 0 unspecified atom stereocenters. The smallest absolute Gasteiger partial charge is 0.299 e. The third-order valence-corrected chi connectivity index (χ3v) is 5.27. The van der Waals surface area contributed by atoms with Gasteiger partial charge in [0.1, 0.15) is 5.69 Å². The Morgan fingerprint density at radius 3 is 2.50 bits per heavy atom. The van der Waals surface area contributed by atoms with Gasteiger partial charge in [0.25, 0.3) is 0 Å². The standard InChI is InChI=1S/C24H22F3N3/c25-24(26,27)23-9-4-8-22(29-23)19-11-15-30(16-12-19)14-10-18-5-3-6-20(17-18)21-7-1-2-13-28-21/h1-9,11,13,17H,10,12,14-16H2. The first kappa shape index (κ1) is 20.3. The van der Waals surface area contributed by atoms with Crippen molar-refractivity contribution in [2.45, 2.75) is 19.0 Å². The maximum atomic E-state index is 12.9. The van der Waals surface area contributed by atoms with Crippen molar-refractivity contribution in [2.24, 2.45) is 0 Å². The molecule has 0 fully saturated rings. The first-order valence-corrected chi connectivity index (χ1v) is 9.95. The molecule has 30 heavy (non-hydrogen) atoms. The summed E-state index contributed by atoms with van der Waals surface area (Å²) in [6.45, 7) is 2.42. The summed E-state index contributed by atoms with van der Waals surface area (Å²) in [6.07, 6.45) is 0.976. The summed E-state index contributed by atoms with van der Waals surface area (Å²) in [6, 6.07) is 18.4. The van der Waals surface area contributed by atoms with Crippen LogP contribution in [0.2, 0.25) is 0 Å². The Morgan fingerprint density at radius 2 is 1.77 bits per heavy atom. The van der Waals surface area contributed by atoms with Crippen LogP contribution in [0.4, 0.5) is 13.2 Å². The van der Waals surface area contributed by atoms with Crippen LogP contribution < -0.4 is 0 Å². The summed E-state index contributed by atoms with van der Waals surface area (Å²) in [4.78, 5) is 10.5. The maximum Gasteiger partial charge on any atom is 0.433 e. The third kappa shape index (κ3) is 4.94. The van der Waals surface area contributed by atoms with Crippen molar-refractivity contribution in [1.82, 2.24) is 14.9 Å². The van der Waals surface area contributed by atoms with Crippen molar-refractivity contribution >= 4 is 5.57 Å². The molecule has 0 radical (unpaired) electrons. The van der Waals surface area contributed by atoms with Crippen LogP contribution in [0, 0.1) is 0 Å². The fourth-order valence-corrected chi connectivity index (χ4v) is 3.63. The predicted octanol–water partition coefficient (Wildman–Crippen LogP) is 5.49. The number of benzene rings is 1. The minimum absolute atomic E-state index is 0.424. The lowest BCUT2D eigenvalue weighted by atomic mass is 10.0. The summed E-state index contributed by atoms with van der Waals surface area (Å²) < 4.78 is 38.7. The van der Waals surface area contributed by atoms with Gasteiger partial charge in [-0.25, -0.2) is 4.98 Å². The highest BCUT2D eigenvalue weighted by Gasteiger charge is 2.32. The lowest BCUT2D eigenvalue weighted by Crippen LogP contribution is -2.30. The zero-order valence-electron chi connectivity index (χ0n) is 16.4. The van der Waals surface area contributed by atoms with E-state index in [-0.39, 0.29) is 0 Å². The lowest BCUT2D eigenvalue weighted by molar-refractivity contribution is -0.141. The molecular weight excluding hydrogens is 387 g/mol. The molecule has 3 aromatic rings. The first-order chi connectivity index (χ1) is 14.5. The summed E-state index contributed by atoms with van der Waals surface area (Å²) in [5.74, 6) is 0. The highest BCUT2D eigenvalue weighted by atomic mass is 19.4. The second-order valence-corrected chi connectivity index (χ2v) is 7.35. The number of rotatable bonds is 5. The molecule has 0 amide bonds. The van der Waals surface area contributed by atoms with Crippen LogP contribution in [-0.4, -0.2) is 34.5 Å². The van der Waals surface area contributed by atoms with Crippen LogP contribution in [0.15, 0.2) is 72.9 Å². The van der Waals surface area contributed by atoms with Gasteiger partial charge in [-0.05, 0) is 54.3 Å². The van der Waals surface area contributed by atoms with E-state index in [1.165, 1.54) is 11.6 Å². The van der Waals surface area contributed by atoms with Crippen LogP contribution in [0.5, 0.6) is 0 Å². The Kier molecular flexibility index (Phi) is 5.95. The van der Waals surface area contributed by atoms with Crippen molar-refractivity contribution in [3.05, 3.63) is 89.9 Å². The molecule has 4 rings (SSSR count). The van der Waals surface area contributed by atoms with E-state index in [0.29, 0.717) is 18.7 Å². The Labute approximate surface area is 173 Å². The van der Waals surface area contributed by atoms with Crippen molar-refractivity contribution in [3.63, 3.8) is 0 Å². The molecule has 0 saturated carbocycles. The van der Waals surface area contributed by atoms with E-state index in [4.69, 9.17) is 0 Å². The first-order valence-electron chi connectivity index (χ1n) is 9.95. The Bertz CT molecular complexity index is 1030. The Hall–Kier alpha value is -2.99. The van der Waals surface area contributed by atoms with Gasteiger partial charge in [0.2, 0.25) is 0 Å². The Morgan fingerprint density at radius 1 is 0.933 bits per heavy atom. The van der Waals surface area contributed by atoms with Crippen molar-refractivity contribution in [1.29, 1.82) is 0 Å². The molecule has 0 bridgehead atoms. The SMILES string of the molecule is FC(F)(F)c1cccc(C2=CCN(CCc3cccc(-c4ccccn4)c3)CC2)n1. The van der Waals surface area contributed by atoms with Crippen LogP contribution in [-0.2, 0) is 12.6 Å². The van der Waals surface area contributed by atoms with Gasteiger partial charge < -0.3 is 0 Å². The fraction of sp³-hybridized carbons (Fsp3) is 0.250. The third-order valence-electron chi connectivity index (χ3n) is 5.27. The van der Waals surface area contributed by atoms with Crippen LogP contribution in [0.1, 0.15) is 23.4 Å². The largest absolute Gasteiger partial charge is 0.433 e. The van der Waals surface area contributed by atoms with Gasteiger partial charge in [-0.1, -0.05) is 36.4 Å². The van der Waals surface area contributed by atoms with Gasteiger partial charge in [0.15, 0.2) is 0 Å². The number of alkyl halides is 3. The van der Waals surface area contributed by atoms with Gasteiger partial charge in [-0.15, -0.1) is 0 Å². The highest BCUT2D eigenvalue weighted by Crippen LogP contribution is 2.29. The van der Waals surface area contributed by atoms with Gasteiger partial charge in [0.05, 0.1) is 11.4 Å². The molecular formula is C24H22F3N3. The zero-order chi connectivity index (χ0) is 21.0. The van der Waals surface area contributed by atoms with E-state index in [0.717, 1.165) is 42.4 Å². The van der Waals surface area contributed by atoms with E-state index < -0.39 is 11.9 Å². The molecule has 0 aliphatic carbocycles. The van der Waals surface area contributed by atoms with E-state index in [1.807, 2.05) is 30.3 Å². The number of halogens is 3. The zero-order valence-corrected chi connectivity index (χ0v) is 16.4. The minimum Gasteiger partial charge on any atom is -0.299 e. The second kappa shape index (κ2) is 8.79. The highest BCUT2D eigenvalue weighted by molar-refractivity contribution is 5.64. The van der Waals surface area contributed by atoms with Gasteiger partial charge >= 0.3 is 6.18 Å². The van der Waals surface area contributed by atoms with Gasteiger partial charge in [-0.3, -0.25) is 9.88 Å². The summed E-state index contributed by atoms with van der Waals surface area (Å²) in [7, 11) is 0. The topological polar surface area (TPSA) is 29.0 Å². The number of aromatic nitrogens is 2. The number of pyridine rings is 2. The van der Waals surface area contributed by atoms with E-state index in [2.05, 4.69) is 33.1 Å². The molecule has 3 heterocycles. The molecule has 1 aromatic carbocycles. The van der Waals surface area contributed by atoms with Crippen LogP contribution in [0.25, 0.3) is 16.8 Å². The Balaban J connectivity index is 1.37. The molecule has 1 aliphatic heterocycles. The molecule has 0 atom stereocenters. The molecule has 2 aromatic heterocycles. The predicted molar refractivity (Wildman–Crippen MR) is 112 cm³/mol. The van der Waals surface area contributed by atoms with Gasteiger partial charge in [-0.2, -0.15) is 13.2 Å².